The normalized spacial score (nSPS) is 15.1. The van der Waals surface area contributed by atoms with Gasteiger partial charge in [0.1, 0.15) is 5.75 Å². The van der Waals surface area contributed by atoms with E-state index in [0.29, 0.717) is 16.7 Å². The Kier molecular flexibility index (Phi) is 4.33. The van der Waals surface area contributed by atoms with E-state index in [-0.39, 0.29) is 0 Å². The van der Waals surface area contributed by atoms with Crippen molar-refractivity contribution in [3.05, 3.63) is 28.2 Å². The van der Waals surface area contributed by atoms with Gasteiger partial charge in [0.05, 0.1) is 6.61 Å². The van der Waals surface area contributed by atoms with Gasteiger partial charge in [0, 0.05) is 16.1 Å². The highest BCUT2D eigenvalue weighted by molar-refractivity contribution is 6.34. The molecule has 1 fully saturated rings. The minimum Gasteiger partial charge on any atom is -0.493 e. The van der Waals surface area contributed by atoms with E-state index in [0.717, 1.165) is 24.8 Å². The van der Waals surface area contributed by atoms with Gasteiger partial charge in [-0.15, -0.1) is 0 Å². The molecule has 0 unspecified atom stereocenters. The summed E-state index contributed by atoms with van der Waals surface area (Å²) in [6, 6.07) is 6.02. The van der Waals surface area contributed by atoms with E-state index in [1.54, 1.807) is 18.2 Å². The molecule has 0 atom stereocenters. The van der Waals surface area contributed by atoms with E-state index in [2.05, 4.69) is 5.32 Å². The number of hydrogen-bond acceptors (Lipinski definition) is 2. The maximum atomic E-state index is 5.86. The van der Waals surface area contributed by atoms with Gasteiger partial charge in [0.2, 0.25) is 0 Å². The molecule has 2 nitrogen and oxygen atoms in total. The van der Waals surface area contributed by atoms with Crippen molar-refractivity contribution in [1.82, 2.24) is 5.32 Å². The molecule has 1 aliphatic rings. The van der Waals surface area contributed by atoms with Crippen LogP contribution < -0.4 is 10.1 Å². The fourth-order valence-electron chi connectivity index (χ4n) is 1.47. The van der Waals surface area contributed by atoms with Gasteiger partial charge in [-0.1, -0.05) is 23.2 Å². The highest BCUT2D eigenvalue weighted by Crippen LogP contribution is 2.24. The van der Waals surface area contributed by atoms with Gasteiger partial charge >= 0.3 is 0 Å². The Hall–Kier alpha value is -0.440. The van der Waals surface area contributed by atoms with Crippen molar-refractivity contribution in [1.29, 1.82) is 0 Å². The quantitative estimate of drug-likeness (QED) is 0.790. The molecule has 1 saturated carbocycles. The second-order valence-corrected chi connectivity index (χ2v) is 4.91. The number of hydrogen-bond donors (Lipinski definition) is 1. The summed E-state index contributed by atoms with van der Waals surface area (Å²) in [6.45, 7) is 1.70. The Morgan fingerprint density at radius 1 is 1.19 bits per heavy atom. The first kappa shape index (κ1) is 12.0. The van der Waals surface area contributed by atoms with Gasteiger partial charge in [-0.2, -0.15) is 0 Å². The Morgan fingerprint density at radius 3 is 2.50 bits per heavy atom. The van der Waals surface area contributed by atoms with Crippen molar-refractivity contribution < 1.29 is 4.74 Å². The van der Waals surface area contributed by atoms with Crippen LogP contribution in [0.4, 0.5) is 0 Å². The zero-order valence-electron chi connectivity index (χ0n) is 9.01. The molecule has 4 heteroatoms. The molecule has 1 aromatic carbocycles. The van der Waals surface area contributed by atoms with Crippen LogP contribution >= 0.6 is 23.2 Å². The number of benzene rings is 1. The third kappa shape index (κ3) is 4.20. The zero-order valence-corrected chi connectivity index (χ0v) is 10.5. The largest absolute Gasteiger partial charge is 0.493 e. The first-order valence-corrected chi connectivity index (χ1v) is 6.32. The van der Waals surface area contributed by atoms with Gasteiger partial charge < -0.3 is 10.1 Å². The van der Waals surface area contributed by atoms with E-state index < -0.39 is 0 Å². The SMILES string of the molecule is Clc1cc(Cl)cc(OCCCNC2CC2)c1. The molecule has 0 spiro atoms. The van der Waals surface area contributed by atoms with Gasteiger partial charge in [-0.25, -0.2) is 0 Å². The third-order valence-corrected chi connectivity index (χ3v) is 2.87. The number of halogens is 2. The molecule has 1 N–H and O–H groups in total. The standard InChI is InChI=1S/C12H15Cl2NO/c13-9-6-10(14)8-12(7-9)16-5-1-4-15-11-2-3-11/h6-8,11,15H,1-5H2. The van der Waals surface area contributed by atoms with Crippen LogP contribution in [0.15, 0.2) is 18.2 Å². The highest BCUT2D eigenvalue weighted by Gasteiger charge is 2.19. The van der Waals surface area contributed by atoms with Crippen LogP contribution in [0, 0.1) is 0 Å². The summed E-state index contributed by atoms with van der Waals surface area (Å²) >= 11 is 11.7. The van der Waals surface area contributed by atoms with Crippen molar-refractivity contribution in [2.75, 3.05) is 13.2 Å². The molecule has 1 aromatic rings. The first-order valence-electron chi connectivity index (χ1n) is 5.56. The average Bonchev–Trinajstić information content (AvgIpc) is 2.99. The second kappa shape index (κ2) is 5.76. The maximum absolute atomic E-state index is 5.86. The van der Waals surface area contributed by atoms with Crippen molar-refractivity contribution in [3.8, 4) is 5.75 Å². The first-order chi connectivity index (χ1) is 7.74. The summed E-state index contributed by atoms with van der Waals surface area (Å²) in [4.78, 5) is 0. The van der Waals surface area contributed by atoms with Crippen LogP contribution in [0.2, 0.25) is 10.0 Å². The monoisotopic (exact) mass is 259 g/mol. The fraction of sp³-hybridized carbons (Fsp3) is 0.500. The van der Waals surface area contributed by atoms with Gasteiger partial charge in [-0.05, 0) is 44.0 Å². The molecule has 0 amide bonds. The van der Waals surface area contributed by atoms with Gasteiger partial charge in [0.25, 0.3) is 0 Å². The van der Waals surface area contributed by atoms with Crippen LogP contribution in [0.3, 0.4) is 0 Å². The molecule has 1 aliphatic carbocycles. The highest BCUT2D eigenvalue weighted by atomic mass is 35.5. The Balaban J connectivity index is 1.67. The number of nitrogens with one attached hydrogen (secondary N) is 1. The number of rotatable bonds is 6. The summed E-state index contributed by atoms with van der Waals surface area (Å²) in [6.07, 6.45) is 3.65. The predicted octanol–water partition coefficient (Wildman–Crippen LogP) is 3.51. The molecule has 2 rings (SSSR count). The second-order valence-electron chi connectivity index (χ2n) is 4.04. The third-order valence-electron chi connectivity index (χ3n) is 2.44. The molecule has 0 saturated heterocycles. The molecular formula is C12H15Cl2NO. The molecule has 0 heterocycles. The lowest BCUT2D eigenvalue weighted by Gasteiger charge is -2.07. The minimum atomic E-state index is 0.610. The van der Waals surface area contributed by atoms with E-state index in [1.807, 2.05) is 0 Å². The Labute approximate surface area is 106 Å². The van der Waals surface area contributed by atoms with Crippen molar-refractivity contribution >= 4 is 23.2 Å². The molecule has 0 aliphatic heterocycles. The van der Waals surface area contributed by atoms with Crippen LogP contribution in [0.25, 0.3) is 0 Å². The summed E-state index contributed by atoms with van der Waals surface area (Å²) in [5, 5.41) is 4.65. The molecule has 0 radical (unpaired) electrons. The maximum Gasteiger partial charge on any atom is 0.122 e. The summed E-state index contributed by atoms with van der Waals surface area (Å²) in [5.41, 5.74) is 0. The topological polar surface area (TPSA) is 21.3 Å². The van der Waals surface area contributed by atoms with Crippen LogP contribution in [-0.2, 0) is 0 Å². The molecule has 0 bridgehead atoms. The smallest absolute Gasteiger partial charge is 0.122 e. The average molecular weight is 260 g/mol. The van der Waals surface area contributed by atoms with Crippen molar-refractivity contribution in [2.45, 2.75) is 25.3 Å². The van der Waals surface area contributed by atoms with Gasteiger partial charge in [0.15, 0.2) is 0 Å². The van der Waals surface area contributed by atoms with E-state index in [9.17, 15) is 0 Å². The Bertz CT molecular complexity index is 333. The molecule has 16 heavy (non-hydrogen) atoms. The van der Waals surface area contributed by atoms with Crippen molar-refractivity contribution in [2.24, 2.45) is 0 Å². The number of ether oxygens (including phenoxy) is 1. The van der Waals surface area contributed by atoms with Crippen LogP contribution in [0.5, 0.6) is 5.75 Å². The summed E-state index contributed by atoms with van der Waals surface area (Å²) < 4.78 is 5.56. The lowest BCUT2D eigenvalue weighted by Crippen LogP contribution is -2.19. The van der Waals surface area contributed by atoms with E-state index in [4.69, 9.17) is 27.9 Å². The lowest BCUT2D eigenvalue weighted by atomic mass is 10.3. The molecule has 0 aromatic heterocycles. The Morgan fingerprint density at radius 2 is 1.88 bits per heavy atom. The van der Waals surface area contributed by atoms with Crippen molar-refractivity contribution in [3.63, 3.8) is 0 Å². The molecular weight excluding hydrogens is 245 g/mol. The fourth-order valence-corrected chi connectivity index (χ4v) is 1.97. The molecule has 88 valence electrons. The van der Waals surface area contributed by atoms with Gasteiger partial charge in [-0.3, -0.25) is 0 Å². The minimum absolute atomic E-state index is 0.610. The van der Waals surface area contributed by atoms with E-state index in [1.165, 1.54) is 12.8 Å². The van der Waals surface area contributed by atoms with E-state index >= 15 is 0 Å². The summed E-state index contributed by atoms with van der Waals surface area (Å²) in [7, 11) is 0. The zero-order chi connectivity index (χ0) is 11.4. The van der Waals surface area contributed by atoms with Crippen LogP contribution in [0.1, 0.15) is 19.3 Å². The van der Waals surface area contributed by atoms with Crippen LogP contribution in [-0.4, -0.2) is 19.2 Å². The predicted molar refractivity (Wildman–Crippen MR) is 67.6 cm³/mol. The lowest BCUT2D eigenvalue weighted by molar-refractivity contribution is 0.308. The summed E-state index contributed by atoms with van der Waals surface area (Å²) in [5.74, 6) is 0.740.